The highest BCUT2D eigenvalue weighted by atomic mass is 16.5. The van der Waals surface area contributed by atoms with Crippen molar-refractivity contribution in [2.45, 2.75) is 69.9 Å². The second-order valence-corrected chi connectivity index (χ2v) is 11.9. The molecule has 1 atom stereocenters. The van der Waals surface area contributed by atoms with Crippen LogP contribution in [0.3, 0.4) is 0 Å². The Labute approximate surface area is 246 Å². The van der Waals surface area contributed by atoms with E-state index in [0.717, 1.165) is 51.2 Å². The first-order valence-electron chi connectivity index (χ1n) is 15.8. The molecule has 0 spiro atoms. The van der Waals surface area contributed by atoms with Crippen molar-refractivity contribution in [2.75, 3.05) is 39.3 Å². The lowest BCUT2D eigenvalue weighted by molar-refractivity contribution is 0.0934. The molecule has 2 saturated heterocycles. The SMILES string of the molecule is CC(CCN1CCCCCC1)NC(=O)c1ccc(OC2CCN(CC(c3ccccc3)c3ccccc3)CC2)cc1. The number of amides is 1. The van der Waals surface area contributed by atoms with Gasteiger partial charge in [0.2, 0.25) is 0 Å². The molecule has 0 radical (unpaired) electrons. The Morgan fingerprint density at radius 3 is 1.95 bits per heavy atom. The molecule has 2 fully saturated rings. The summed E-state index contributed by atoms with van der Waals surface area (Å²) in [6.45, 7) is 8.63. The summed E-state index contributed by atoms with van der Waals surface area (Å²) in [5, 5.41) is 3.18. The lowest BCUT2D eigenvalue weighted by Crippen LogP contribution is -2.40. The summed E-state index contributed by atoms with van der Waals surface area (Å²) in [7, 11) is 0. The standard InChI is InChI=1S/C36H47N3O2/c1-29(20-25-38-23-10-2-3-11-24-38)37-36(40)32-16-18-33(19-17-32)41-34-21-26-39(27-22-34)28-35(30-12-6-4-7-13-30)31-14-8-5-9-15-31/h4-9,12-19,29,34-35H,2-3,10-11,20-28H2,1H3,(H,37,40). The third kappa shape index (κ3) is 8.92. The van der Waals surface area contributed by atoms with Crippen molar-refractivity contribution in [3.63, 3.8) is 0 Å². The van der Waals surface area contributed by atoms with E-state index in [4.69, 9.17) is 4.74 Å². The van der Waals surface area contributed by atoms with Crippen molar-refractivity contribution < 1.29 is 9.53 Å². The zero-order chi connectivity index (χ0) is 28.3. The normalized spacial score (nSPS) is 18.1. The van der Waals surface area contributed by atoms with E-state index in [0.29, 0.717) is 11.5 Å². The molecule has 0 aromatic heterocycles. The van der Waals surface area contributed by atoms with Crippen LogP contribution in [0, 0.1) is 0 Å². The lowest BCUT2D eigenvalue weighted by atomic mass is 9.90. The van der Waals surface area contributed by atoms with E-state index < -0.39 is 0 Å². The molecule has 1 N–H and O–H groups in total. The molecule has 1 unspecified atom stereocenters. The summed E-state index contributed by atoms with van der Waals surface area (Å²) in [5.41, 5.74) is 3.43. The number of rotatable bonds is 11. The Kier molecular flexibility index (Phi) is 10.9. The Morgan fingerprint density at radius 1 is 0.780 bits per heavy atom. The number of nitrogens with zero attached hydrogens (tertiary/aromatic N) is 2. The molecular weight excluding hydrogens is 506 g/mol. The summed E-state index contributed by atoms with van der Waals surface area (Å²) in [5.74, 6) is 1.21. The van der Waals surface area contributed by atoms with Gasteiger partial charge in [-0.2, -0.15) is 0 Å². The Balaban J connectivity index is 1.06. The minimum atomic E-state index is -0.000360. The van der Waals surface area contributed by atoms with Crippen LogP contribution in [0.15, 0.2) is 84.9 Å². The van der Waals surface area contributed by atoms with Gasteiger partial charge < -0.3 is 19.9 Å². The zero-order valence-corrected chi connectivity index (χ0v) is 24.7. The van der Waals surface area contributed by atoms with Crippen LogP contribution in [0.1, 0.15) is 79.3 Å². The van der Waals surface area contributed by atoms with E-state index in [1.165, 1.54) is 49.9 Å². The molecule has 5 rings (SSSR count). The molecular formula is C36H47N3O2. The average molecular weight is 554 g/mol. The minimum Gasteiger partial charge on any atom is -0.490 e. The second kappa shape index (κ2) is 15.2. The maximum Gasteiger partial charge on any atom is 0.251 e. The fourth-order valence-electron chi connectivity index (χ4n) is 6.23. The van der Waals surface area contributed by atoms with E-state index in [9.17, 15) is 4.79 Å². The van der Waals surface area contributed by atoms with E-state index in [1.807, 2.05) is 24.3 Å². The van der Waals surface area contributed by atoms with Crippen LogP contribution < -0.4 is 10.1 Å². The Morgan fingerprint density at radius 2 is 1.37 bits per heavy atom. The fourth-order valence-corrected chi connectivity index (χ4v) is 6.23. The highest BCUT2D eigenvalue weighted by Gasteiger charge is 2.24. The van der Waals surface area contributed by atoms with Crippen molar-refractivity contribution in [1.82, 2.24) is 15.1 Å². The van der Waals surface area contributed by atoms with Crippen molar-refractivity contribution in [3.05, 3.63) is 102 Å². The summed E-state index contributed by atoms with van der Waals surface area (Å²) in [4.78, 5) is 17.9. The van der Waals surface area contributed by atoms with Crippen molar-refractivity contribution in [2.24, 2.45) is 0 Å². The molecule has 5 heteroatoms. The van der Waals surface area contributed by atoms with E-state index in [2.05, 4.69) is 82.7 Å². The topological polar surface area (TPSA) is 44.8 Å². The third-order valence-electron chi connectivity index (χ3n) is 8.75. The molecule has 2 heterocycles. The van der Waals surface area contributed by atoms with E-state index in [1.54, 1.807) is 0 Å². The second-order valence-electron chi connectivity index (χ2n) is 11.9. The number of nitrogens with one attached hydrogen (secondary N) is 1. The summed E-state index contributed by atoms with van der Waals surface area (Å²) >= 11 is 0. The maximum atomic E-state index is 12.8. The van der Waals surface area contributed by atoms with Gasteiger partial charge in [-0.25, -0.2) is 0 Å². The third-order valence-corrected chi connectivity index (χ3v) is 8.75. The number of ether oxygens (including phenoxy) is 1. The summed E-state index contributed by atoms with van der Waals surface area (Å²) in [6, 6.07) is 29.6. The predicted octanol–water partition coefficient (Wildman–Crippen LogP) is 6.75. The van der Waals surface area contributed by atoms with Crippen LogP contribution >= 0.6 is 0 Å². The minimum absolute atomic E-state index is 0.000360. The van der Waals surface area contributed by atoms with Gasteiger partial charge in [-0.3, -0.25) is 4.79 Å². The number of benzene rings is 3. The van der Waals surface area contributed by atoms with Gasteiger partial charge in [0.15, 0.2) is 0 Å². The molecule has 0 aliphatic carbocycles. The smallest absolute Gasteiger partial charge is 0.251 e. The van der Waals surface area contributed by atoms with Gasteiger partial charge in [-0.15, -0.1) is 0 Å². The number of carbonyl (C=O) groups excluding carboxylic acids is 1. The molecule has 2 aliphatic heterocycles. The van der Waals surface area contributed by atoms with E-state index >= 15 is 0 Å². The highest BCUT2D eigenvalue weighted by molar-refractivity contribution is 5.94. The highest BCUT2D eigenvalue weighted by Crippen LogP contribution is 2.28. The van der Waals surface area contributed by atoms with E-state index in [-0.39, 0.29) is 18.1 Å². The quantitative estimate of drug-likeness (QED) is 0.285. The number of likely N-dealkylation sites (tertiary alicyclic amines) is 2. The molecule has 0 saturated carbocycles. The lowest BCUT2D eigenvalue weighted by Gasteiger charge is -2.34. The van der Waals surface area contributed by atoms with Crippen LogP contribution in [0.2, 0.25) is 0 Å². The van der Waals surface area contributed by atoms with Crippen LogP contribution in [0.5, 0.6) is 5.75 Å². The fraction of sp³-hybridized carbons (Fsp3) is 0.472. The van der Waals surface area contributed by atoms with Gasteiger partial charge in [-0.05, 0) is 87.5 Å². The van der Waals surface area contributed by atoms with Gasteiger partial charge in [0, 0.05) is 43.7 Å². The summed E-state index contributed by atoms with van der Waals surface area (Å²) < 4.78 is 6.35. The first-order valence-corrected chi connectivity index (χ1v) is 15.8. The molecule has 2 aliphatic rings. The van der Waals surface area contributed by atoms with Crippen LogP contribution in [0.4, 0.5) is 0 Å². The molecule has 5 nitrogen and oxygen atoms in total. The molecule has 3 aromatic carbocycles. The first-order chi connectivity index (χ1) is 20.1. The summed E-state index contributed by atoms with van der Waals surface area (Å²) in [6.07, 6.45) is 8.52. The molecule has 1 amide bonds. The van der Waals surface area contributed by atoms with Crippen molar-refractivity contribution >= 4 is 5.91 Å². The van der Waals surface area contributed by atoms with Crippen LogP contribution in [-0.2, 0) is 0 Å². The van der Waals surface area contributed by atoms with Crippen molar-refractivity contribution in [3.8, 4) is 5.75 Å². The number of carbonyl (C=O) groups is 1. The van der Waals surface area contributed by atoms with Gasteiger partial charge in [0.25, 0.3) is 5.91 Å². The molecule has 3 aromatic rings. The Hall–Kier alpha value is -3.15. The predicted molar refractivity (Wildman–Crippen MR) is 168 cm³/mol. The monoisotopic (exact) mass is 553 g/mol. The maximum absolute atomic E-state index is 12.8. The van der Waals surface area contributed by atoms with Gasteiger partial charge in [0.1, 0.15) is 11.9 Å². The van der Waals surface area contributed by atoms with Crippen LogP contribution in [0.25, 0.3) is 0 Å². The molecule has 41 heavy (non-hydrogen) atoms. The largest absolute Gasteiger partial charge is 0.490 e. The van der Waals surface area contributed by atoms with Gasteiger partial charge in [0.05, 0.1) is 0 Å². The van der Waals surface area contributed by atoms with Gasteiger partial charge in [-0.1, -0.05) is 73.5 Å². The van der Waals surface area contributed by atoms with Crippen LogP contribution in [-0.4, -0.2) is 67.1 Å². The molecule has 0 bridgehead atoms. The number of hydrogen-bond donors (Lipinski definition) is 1. The first kappa shape index (κ1) is 29.3. The zero-order valence-electron chi connectivity index (χ0n) is 24.7. The number of hydrogen-bond acceptors (Lipinski definition) is 4. The Bertz CT molecular complexity index is 1130. The average Bonchev–Trinajstić information content (AvgIpc) is 3.30. The van der Waals surface area contributed by atoms with Crippen molar-refractivity contribution in [1.29, 1.82) is 0 Å². The number of piperidine rings is 1. The van der Waals surface area contributed by atoms with Gasteiger partial charge >= 0.3 is 0 Å². The molecule has 218 valence electrons.